The number of nitrogens with one attached hydrogen (secondary N) is 1. The van der Waals surface area contributed by atoms with Crippen molar-refractivity contribution < 1.29 is 9.21 Å². The van der Waals surface area contributed by atoms with E-state index in [4.69, 9.17) is 4.42 Å². The van der Waals surface area contributed by atoms with Crippen LogP contribution in [0.3, 0.4) is 0 Å². The van der Waals surface area contributed by atoms with E-state index in [1.807, 2.05) is 42.1 Å². The third-order valence-corrected chi connectivity index (χ3v) is 5.62. The van der Waals surface area contributed by atoms with E-state index in [-0.39, 0.29) is 5.91 Å². The molecule has 1 amide bonds. The van der Waals surface area contributed by atoms with Crippen LogP contribution in [0.2, 0.25) is 0 Å². The lowest BCUT2D eigenvalue weighted by atomic mass is 10.1. The first-order valence-electron chi connectivity index (χ1n) is 9.51. The Bertz CT molecular complexity index is 1100. The molecule has 6 nitrogen and oxygen atoms in total. The molecule has 148 valence electrons. The van der Waals surface area contributed by atoms with Gasteiger partial charge in [0.1, 0.15) is 5.52 Å². The van der Waals surface area contributed by atoms with Gasteiger partial charge in [-0.2, -0.15) is 0 Å². The van der Waals surface area contributed by atoms with Gasteiger partial charge >= 0.3 is 0 Å². The second-order valence-corrected chi connectivity index (χ2v) is 7.76. The summed E-state index contributed by atoms with van der Waals surface area (Å²) >= 11 is 1.61. The first-order chi connectivity index (χ1) is 14.2. The molecule has 1 N–H and O–H groups in total. The molecule has 4 aromatic rings. The van der Waals surface area contributed by atoms with Crippen molar-refractivity contribution in [2.24, 2.45) is 7.05 Å². The van der Waals surface area contributed by atoms with Crippen LogP contribution in [0, 0.1) is 0 Å². The quantitative estimate of drug-likeness (QED) is 0.355. The summed E-state index contributed by atoms with van der Waals surface area (Å²) in [4.78, 5) is 21.2. The highest BCUT2D eigenvalue weighted by Gasteiger charge is 2.11. The largest absolute Gasteiger partial charge is 0.441 e. The summed E-state index contributed by atoms with van der Waals surface area (Å²) in [6.45, 7) is 0.565. The van der Waals surface area contributed by atoms with Crippen molar-refractivity contribution in [1.29, 1.82) is 0 Å². The van der Waals surface area contributed by atoms with Gasteiger partial charge in [0.2, 0.25) is 0 Å². The van der Waals surface area contributed by atoms with Crippen LogP contribution < -0.4 is 5.32 Å². The SMILES string of the molecule is Cn1ccnc1SCCNC(=O)c1ccc2oc(CCc3ccccc3)nc2c1. The van der Waals surface area contributed by atoms with Crippen molar-refractivity contribution in [3.63, 3.8) is 0 Å². The number of oxazole rings is 1. The maximum Gasteiger partial charge on any atom is 0.251 e. The summed E-state index contributed by atoms with van der Waals surface area (Å²) in [5.41, 5.74) is 3.25. The summed E-state index contributed by atoms with van der Waals surface area (Å²) in [7, 11) is 1.95. The zero-order valence-electron chi connectivity index (χ0n) is 16.2. The molecular formula is C22H22N4O2S. The Morgan fingerprint density at radius 3 is 2.83 bits per heavy atom. The Kier molecular flexibility index (Phi) is 5.95. The lowest BCUT2D eigenvalue weighted by Crippen LogP contribution is -2.25. The molecule has 4 rings (SSSR count). The topological polar surface area (TPSA) is 73.0 Å². The van der Waals surface area contributed by atoms with Crippen LogP contribution in [0.4, 0.5) is 0 Å². The average Bonchev–Trinajstić information content (AvgIpc) is 3.35. The van der Waals surface area contributed by atoms with Crippen molar-refractivity contribution in [2.75, 3.05) is 12.3 Å². The van der Waals surface area contributed by atoms with Crippen LogP contribution in [-0.4, -0.2) is 32.7 Å². The standard InChI is InChI=1S/C22H22N4O2S/c1-26-13-11-24-22(26)29-14-12-23-21(27)17-8-9-19-18(15-17)25-20(28-19)10-7-16-5-3-2-4-6-16/h2-6,8-9,11,13,15H,7,10,12,14H2,1H3,(H,23,27). The van der Waals surface area contributed by atoms with Crippen LogP contribution in [0.15, 0.2) is 70.5 Å². The van der Waals surface area contributed by atoms with Gasteiger partial charge in [-0.3, -0.25) is 4.79 Å². The molecule has 2 aromatic carbocycles. The number of hydrogen-bond acceptors (Lipinski definition) is 5. The number of nitrogens with zero attached hydrogens (tertiary/aromatic N) is 3. The number of imidazole rings is 1. The first-order valence-corrected chi connectivity index (χ1v) is 10.5. The van der Waals surface area contributed by atoms with Crippen molar-refractivity contribution in [3.8, 4) is 0 Å². The lowest BCUT2D eigenvalue weighted by molar-refractivity contribution is 0.0956. The zero-order chi connectivity index (χ0) is 20.1. The second kappa shape index (κ2) is 8.96. The molecule has 7 heteroatoms. The highest BCUT2D eigenvalue weighted by molar-refractivity contribution is 7.99. The maximum atomic E-state index is 12.4. The molecule has 2 aromatic heterocycles. The zero-order valence-corrected chi connectivity index (χ0v) is 17.0. The molecule has 0 unspecified atom stereocenters. The van der Waals surface area contributed by atoms with Crippen molar-refractivity contribution in [2.45, 2.75) is 18.0 Å². The van der Waals surface area contributed by atoms with Gasteiger partial charge in [-0.1, -0.05) is 42.1 Å². The van der Waals surface area contributed by atoms with E-state index in [9.17, 15) is 4.79 Å². The van der Waals surface area contributed by atoms with Gasteiger partial charge in [0, 0.05) is 43.7 Å². The summed E-state index contributed by atoms with van der Waals surface area (Å²) in [6, 6.07) is 15.6. The Labute approximate surface area is 173 Å². The Balaban J connectivity index is 1.33. The molecule has 29 heavy (non-hydrogen) atoms. The summed E-state index contributed by atoms with van der Waals surface area (Å²) in [6.07, 6.45) is 5.27. The highest BCUT2D eigenvalue weighted by atomic mass is 32.2. The lowest BCUT2D eigenvalue weighted by Gasteiger charge is -2.05. The van der Waals surface area contributed by atoms with Crippen molar-refractivity contribution in [3.05, 3.63) is 77.9 Å². The normalized spacial score (nSPS) is 11.1. The fourth-order valence-corrected chi connectivity index (χ4v) is 3.81. The van der Waals surface area contributed by atoms with Crippen molar-refractivity contribution >= 4 is 28.8 Å². The molecule has 0 radical (unpaired) electrons. The van der Waals surface area contributed by atoms with Crippen LogP contribution in [0.5, 0.6) is 0 Å². The molecule has 0 aliphatic carbocycles. The van der Waals surface area contributed by atoms with Crippen LogP contribution >= 0.6 is 11.8 Å². The Hall–Kier alpha value is -3.06. The van der Waals surface area contributed by atoms with E-state index < -0.39 is 0 Å². The van der Waals surface area contributed by atoms with E-state index >= 15 is 0 Å². The highest BCUT2D eigenvalue weighted by Crippen LogP contribution is 2.19. The minimum Gasteiger partial charge on any atom is -0.441 e. The fraction of sp³-hybridized carbons (Fsp3) is 0.227. The second-order valence-electron chi connectivity index (χ2n) is 6.70. The van der Waals surface area contributed by atoms with Crippen LogP contribution in [0.25, 0.3) is 11.1 Å². The smallest absolute Gasteiger partial charge is 0.251 e. The Morgan fingerprint density at radius 1 is 1.17 bits per heavy atom. The van der Waals surface area contributed by atoms with Gasteiger partial charge in [-0.25, -0.2) is 9.97 Å². The number of amides is 1. The predicted octanol–water partition coefficient (Wildman–Crippen LogP) is 3.87. The Morgan fingerprint density at radius 2 is 2.03 bits per heavy atom. The summed E-state index contributed by atoms with van der Waals surface area (Å²) in [5.74, 6) is 1.33. The molecule has 2 heterocycles. The number of hydrogen-bond donors (Lipinski definition) is 1. The van der Waals surface area contributed by atoms with E-state index in [0.29, 0.717) is 29.1 Å². The van der Waals surface area contributed by atoms with Gasteiger partial charge < -0.3 is 14.3 Å². The number of aromatic nitrogens is 3. The van der Waals surface area contributed by atoms with E-state index in [0.717, 1.165) is 23.8 Å². The number of rotatable bonds is 8. The van der Waals surface area contributed by atoms with E-state index in [1.54, 1.807) is 30.1 Å². The minimum atomic E-state index is -0.110. The number of thioether (sulfide) groups is 1. The molecule has 0 saturated carbocycles. The molecule has 0 aliphatic rings. The third kappa shape index (κ3) is 4.86. The molecule has 0 atom stereocenters. The van der Waals surface area contributed by atoms with E-state index in [1.165, 1.54) is 5.56 Å². The fourth-order valence-electron chi connectivity index (χ4n) is 3.02. The average molecular weight is 407 g/mol. The molecule has 0 spiro atoms. The number of carbonyl (C=O) groups is 1. The summed E-state index contributed by atoms with van der Waals surface area (Å²) < 4.78 is 7.78. The molecular weight excluding hydrogens is 384 g/mol. The van der Waals surface area contributed by atoms with E-state index in [2.05, 4.69) is 27.4 Å². The van der Waals surface area contributed by atoms with Gasteiger partial charge in [0.05, 0.1) is 0 Å². The maximum absolute atomic E-state index is 12.4. The number of benzene rings is 2. The van der Waals surface area contributed by atoms with Crippen molar-refractivity contribution in [1.82, 2.24) is 19.9 Å². The number of fused-ring (bicyclic) bond motifs is 1. The van der Waals surface area contributed by atoms with Gasteiger partial charge in [0.15, 0.2) is 16.6 Å². The number of carbonyl (C=O) groups excluding carboxylic acids is 1. The number of aryl methyl sites for hydroxylation is 3. The van der Waals surface area contributed by atoms with Crippen LogP contribution in [-0.2, 0) is 19.9 Å². The van der Waals surface area contributed by atoms with Crippen LogP contribution in [0.1, 0.15) is 21.8 Å². The minimum absolute atomic E-state index is 0.110. The molecule has 0 fully saturated rings. The molecule has 0 aliphatic heterocycles. The monoisotopic (exact) mass is 406 g/mol. The van der Waals surface area contributed by atoms with Gasteiger partial charge in [-0.05, 0) is 30.2 Å². The predicted molar refractivity (Wildman–Crippen MR) is 114 cm³/mol. The molecule has 0 bridgehead atoms. The van der Waals surface area contributed by atoms with Gasteiger partial charge in [-0.15, -0.1) is 0 Å². The van der Waals surface area contributed by atoms with Gasteiger partial charge in [0.25, 0.3) is 5.91 Å². The third-order valence-electron chi connectivity index (χ3n) is 4.56. The first kappa shape index (κ1) is 19.3. The molecule has 0 saturated heterocycles. The summed E-state index contributed by atoms with van der Waals surface area (Å²) in [5, 5.41) is 3.88.